The van der Waals surface area contributed by atoms with E-state index in [1.165, 1.54) is 0 Å². The van der Waals surface area contributed by atoms with Crippen LogP contribution in [-0.2, 0) is 4.79 Å². The number of nitrogens with two attached hydrogens (primary N) is 1. The van der Waals surface area contributed by atoms with Gasteiger partial charge in [-0.15, -0.1) is 0 Å². The average molecular weight is 268 g/mol. The van der Waals surface area contributed by atoms with Crippen LogP contribution in [0.1, 0.15) is 58.3 Å². The average Bonchev–Trinajstić information content (AvgIpc) is 2.85. The fraction of sp³-hybridized carbons (Fsp3) is 0.933. The Labute approximate surface area is 116 Å². The van der Waals surface area contributed by atoms with E-state index in [0.717, 1.165) is 51.4 Å². The maximum atomic E-state index is 12.5. The maximum absolute atomic E-state index is 12.5. The highest BCUT2D eigenvalue weighted by atomic mass is 16.3. The van der Waals surface area contributed by atoms with E-state index in [1.807, 2.05) is 0 Å². The molecule has 0 bridgehead atoms. The lowest BCUT2D eigenvalue weighted by molar-refractivity contribution is -0.134. The molecule has 2 fully saturated rings. The van der Waals surface area contributed by atoms with Gasteiger partial charge in [0.1, 0.15) is 0 Å². The second kappa shape index (κ2) is 5.80. The lowest BCUT2D eigenvalue weighted by atomic mass is 9.70. The van der Waals surface area contributed by atoms with Crippen LogP contribution >= 0.6 is 0 Å². The van der Waals surface area contributed by atoms with Crippen LogP contribution in [0, 0.1) is 11.3 Å². The van der Waals surface area contributed by atoms with Crippen LogP contribution in [0.5, 0.6) is 0 Å². The molecular weight excluding hydrogens is 240 g/mol. The van der Waals surface area contributed by atoms with Gasteiger partial charge in [0.25, 0.3) is 0 Å². The summed E-state index contributed by atoms with van der Waals surface area (Å²) in [6.07, 6.45) is 7.66. The molecule has 4 heteroatoms. The van der Waals surface area contributed by atoms with Crippen LogP contribution in [-0.4, -0.2) is 29.7 Å². The lowest BCUT2D eigenvalue weighted by Crippen LogP contribution is -2.51. The van der Waals surface area contributed by atoms with Crippen molar-refractivity contribution in [1.82, 2.24) is 5.32 Å². The number of carbonyl (C=O) groups is 1. The van der Waals surface area contributed by atoms with Crippen LogP contribution in [0.2, 0.25) is 0 Å². The number of rotatable bonds is 4. The number of carbonyl (C=O) groups excluding carboxylic acids is 1. The number of hydrogen-bond donors (Lipinski definition) is 3. The van der Waals surface area contributed by atoms with Gasteiger partial charge in [0.2, 0.25) is 5.91 Å². The summed E-state index contributed by atoms with van der Waals surface area (Å²) >= 11 is 0. The summed E-state index contributed by atoms with van der Waals surface area (Å²) in [7, 11) is 0. The van der Waals surface area contributed by atoms with E-state index in [2.05, 4.69) is 12.2 Å². The zero-order valence-electron chi connectivity index (χ0n) is 12.1. The zero-order chi connectivity index (χ0) is 13.9. The summed E-state index contributed by atoms with van der Waals surface area (Å²) in [5.41, 5.74) is 4.82. The van der Waals surface area contributed by atoms with Crippen molar-refractivity contribution in [3.8, 4) is 0 Å². The molecule has 1 amide bonds. The quantitative estimate of drug-likeness (QED) is 0.724. The van der Waals surface area contributed by atoms with E-state index in [4.69, 9.17) is 5.73 Å². The molecule has 2 aliphatic rings. The van der Waals surface area contributed by atoms with Gasteiger partial charge in [-0.05, 0) is 44.4 Å². The van der Waals surface area contributed by atoms with Gasteiger partial charge in [0.05, 0.1) is 11.0 Å². The van der Waals surface area contributed by atoms with E-state index >= 15 is 0 Å². The molecule has 2 rings (SSSR count). The Bertz CT molecular complexity index is 316. The van der Waals surface area contributed by atoms with Crippen LogP contribution in [0.25, 0.3) is 0 Å². The normalized spacial score (nSPS) is 34.2. The van der Waals surface area contributed by atoms with Crippen molar-refractivity contribution in [3.05, 3.63) is 0 Å². The van der Waals surface area contributed by atoms with Crippen molar-refractivity contribution >= 4 is 5.91 Å². The molecule has 0 aromatic heterocycles. The highest BCUT2D eigenvalue weighted by Gasteiger charge is 2.41. The minimum Gasteiger partial charge on any atom is -0.388 e. The third kappa shape index (κ3) is 3.29. The first-order chi connectivity index (χ1) is 9.00. The molecule has 0 atom stereocenters. The minimum absolute atomic E-state index is 0.0576. The van der Waals surface area contributed by atoms with Crippen molar-refractivity contribution in [2.45, 2.75) is 63.9 Å². The molecule has 0 heterocycles. The Balaban J connectivity index is 1.90. The van der Waals surface area contributed by atoms with Crippen LogP contribution in [0.4, 0.5) is 0 Å². The van der Waals surface area contributed by atoms with E-state index in [9.17, 15) is 9.90 Å². The second-order valence-corrected chi connectivity index (χ2v) is 6.78. The van der Waals surface area contributed by atoms with Gasteiger partial charge in [0, 0.05) is 13.1 Å². The minimum atomic E-state index is -0.673. The fourth-order valence-electron chi connectivity index (χ4n) is 3.48. The van der Waals surface area contributed by atoms with Gasteiger partial charge < -0.3 is 16.2 Å². The maximum Gasteiger partial charge on any atom is 0.227 e. The van der Waals surface area contributed by atoms with Crippen LogP contribution < -0.4 is 11.1 Å². The Kier molecular flexibility index (Phi) is 4.51. The smallest absolute Gasteiger partial charge is 0.227 e. The highest BCUT2D eigenvalue weighted by molar-refractivity contribution is 5.83. The fourth-order valence-corrected chi connectivity index (χ4v) is 3.48. The molecule has 0 saturated heterocycles. The molecule has 110 valence electrons. The van der Waals surface area contributed by atoms with Crippen molar-refractivity contribution in [2.24, 2.45) is 17.1 Å². The molecule has 0 aromatic rings. The topological polar surface area (TPSA) is 75.4 Å². The molecule has 19 heavy (non-hydrogen) atoms. The van der Waals surface area contributed by atoms with E-state index in [0.29, 0.717) is 19.0 Å². The van der Waals surface area contributed by atoms with Gasteiger partial charge in [-0.3, -0.25) is 4.79 Å². The Hall–Kier alpha value is -0.610. The number of amides is 1. The highest BCUT2D eigenvalue weighted by Crippen LogP contribution is 2.38. The SMILES string of the molecule is CC1CCC(CN)(C(=O)NCC2(O)CCCC2)CC1. The van der Waals surface area contributed by atoms with Gasteiger partial charge in [-0.2, -0.15) is 0 Å². The van der Waals surface area contributed by atoms with Crippen molar-refractivity contribution < 1.29 is 9.90 Å². The van der Waals surface area contributed by atoms with Crippen molar-refractivity contribution in [1.29, 1.82) is 0 Å². The predicted molar refractivity (Wildman–Crippen MR) is 75.5 cm³/mol. The Morgan fingerprint density at radius 3 is 2.37 bits per heavy atom. The Morgan fingerprint density at radius 2 is 1.84 bits per heavy atom. The van der Waals surface area contributed by atoms with E-state index in [1.54, 1.807) is 0 Å². The molecule has 4 nitrogen and oxygen atoms in total. The molecule has 0 aromatic carbocycles. The second-order valence-electron chi connectivity index (χ2n) is 6.78. The number of nitrogens with one attached hydrogen (secondary N) is 1. The van der Waals surface area contributed by atoms with Gasteiger partial charge in [0.15, 0.2) is 0 Å². The van der Waals surface area contributed by atoms with Crippen LogP contribution in [0.15, 0.2) is 0 Å². The monoisotopic (exact) mass is 268 g/mol. The van der Waals surface area contributed by atoms with Gasteiger partial charge in [-0.1, -0.05) is 19.8 Å². The molecule has 2 saturated carbocycles. The molecular formula is C15H28N2O2. The first-order valence-corrected chi connectivity index (χ1v) is 7.70. The Morgan fingerprint density at radius 1 is 1.26 bits per heavy atom. The number of hydrogen-bond acceptors (Lipinski definition) is 3. The molecule has 0 radical (unpaired) electrons. The standard InChI is InChI=1S/C15H28N2O2/c1-12-4-8-14(10-16,9-5-12)13(18)17-11-15(19)6-2-3-7-15/h12,19H,2-11,16H2,1H3,(H,17,18). The molecule has 2 aliphatic carbocycles. The summed E-state index contributed by atoms with van der Waals surface area (Å²) in [5.74, 6) is 0.758. The van der Waals surface area contributed by atoms with Crippen LogP contribution in [0.3, 0.4) is 0 Å². The molecule has 0 aliphatic heterocycles. The van der Waals surface area contributed by atoms with Crippen molar-refractivity contribution in [2.75, 3.05) is 13.1 Å². The lowest BCUT2D eigenvalue weighted by Gasteiger charge is -2.38. The molecule has 0 spiro atoms. The van der Waals surface area contributed by atoms with Crippen molar-refractivity contribution in [3.63, 3.8) is 0 Å². The molecule has 4 N–H and O–H groups in total. The third-order valence-electron chi connectivity index (χ3n) is 5.22. The summed E-state index contributed by atoms with van der Waals surface area (Å²) < 4.78 is 0. The summed E-state index contributed by atoms with van der Waals surface area (Å²) in [6, 6.07) is 0. The molecule has 0 unspecified atom stereocenters. The summed E-state index contributed by atoms with van der Waals surface area (Å²) in [4.78, 5) is 12.5. The first-order valence-electron chi connectivity index (χ1n) is 7.70. The third-order valence-corrected chi connectivity index (χ3v) is 5.22. The first kappa shape index (κ1) is 14.8. The van der Waals surface area contributed by atoms with Gasteiger partial charge >= 0.3 is 0 Å². The van der Waals surface area contributed by atoms with Gasteiger partial charge in [-0.25, -0.2) is 0 Å². The van der Waals surface area contributed by atoms with E-state index < -0.39 is 5.60 Å². The summed E-state index contributed by atoms with van der Waals surface area (Å²) in [6.45, 7) is 3.05. The zero-order valence-corrected chi connectivity index (χ0v) is 12.1. The summed E-state index contributed by atoms with van der Waals surface area (Å²) in [5, 5.41) is 13.3. The largest absolute Gasteiger partial charge is 0.388 e. The predicted octanol–water partition coefficient (Wildman–Crippen LogP) is 1.56. The number of aliphatic hydroxyl groups is 1. The van der Waals surface area contributed by atoms with E-state index in [-0.39, 0.29) is 11.3 Å².